The molecule has 0 bridgehead atoms. The molecule has 0 atom stereocenters. The largest absolute Gasteiger partial charge is 1.00 e. The maximum atomic E-state index is 17.2. The molecule has 0 aromatic heterocycles. The standard InChI is InChI=1S/C49H57F3N2O14S4.3Na/c1-48(2)36-28-33(70-68-66-58)18-20-40(36)53(24-7-9-26-69-67-65-57)42(48)22-16-31-12-11-13-32(45(31)46-39(51)30-38(50)35(47(46)52)14-5-6-15-44(55)56)17-23-43-49(3,4)37-29-34(72(62,63)64)19-21-41(37)54(43)25-8-10-27-71(59,60)61;;;/h16-23,28-30H,5-15,24-27H2,1-4H3,(H4-,55,56,57,58,59,60,61,62,63,64);;;/q;3*+1/p-3. The first-order valence-corrected chi connectivity index (χ1v) is 27.7. The summed E-state index contributed by atoms with van der Waals surface area (Å²) in [7, 11) is -9.41. The number of nitrogens with zero attached hydrogens (tertiary/aromatic N) is 2. The Morgan fingerprint density at radius 1 is 0.827 bits per heavy atom. The van der Waals surface area contributed by atoms with E-state index in [0.29, 0.717) is 83.5 Å². The molecule has 16 nitrogen and oxygen atoms in total. The zero-order valence-electron chi connectivity index (χ0n) is 42.9. The molecule has 2 heterocycles. The Balaban J connectivity index is 0.00000494. The van der Waals surface area contributed by atoms with Crippen LogP contribution >= 0.6 is 24.1 Å². The van der Waals surface area contributed by atoms with E-state index < -0.39 is 76.3 Å². The average molecular weight is 1150 g/mol. The molecule has 0 unspecified atom stereocenters. The van der Waals surface area contributed by atoms with Crippen molar-refractivity contribution in [2.45, 2.75) is 119 Å². The van der Waals surface area contributed by atoms with Gasteiger partial charge < -0.3 is 29.6 Å². The van der Waals surface area contributed by atoms with Gasteiger partial charge in [0.25, 0.3) is 0 Å². The predicted molar refractivity (Wildman–Crippen MR) is 257 cm³/mol. The molecule has 3 aromatic carbocycles. The fourth-order valence-corrected chi connectivity index (χ4v) is 11.6. The van der Waals surface area contributed by atoms with Gasteiger partial charge in [0.15, 0.2) is 5.71 Å². The van der Waals surface area contributed by atoms with Gasteiger partial charge >= 0.3 is 94.6 Å². The van der Waals surface area contributed by atoms with E-state index in [0.717, 1.165) is 41.0 Å². The van der Waals surface area contributed by atoms with Gasteiger partial charge in [-0.3, -0.25) is 14.9 Å². The number of unbranched alkanes of at least 4 members (excludes halogenated alkanes) is 3. The van der Waals surface area contributed by atoms with Crippen molar-refractivity contribution < 1.29 is 172 Å². The summed E-state index contributed by atoms with van der Waals surface area (Å²) in [5, 5.41) is 37.3. The van der Waals surface area contributed by atoms with E-state index >= 15 is 13.2 Å². The molecule has 26 heteroatoms. The number of carboxylic acid groups (broad SMARTS) is 1. The fraction of sp³-hybridized carbons (Fsp3) is 0.429. The van der Waals surface area contributed by atoms with E-state index in [-0.39, 0.29) is 139 Å². The number of anilines is 1. The summed E-state index contributed by atoms with van der Waals surface area (Å²) in [6.45, 7) is 8.23. The van der Waals surface area contributed by atoms with Crippen molar-refractivity contribution in [3.63, 3.8) is 0 Å². The van der Waals surface area contributed by atoms with Gasteiger partial charge in [-0.05, 0) is 130 Å². The van der Waals surface area contributed by atoms with Gasteiger partial charge in [0.1, 0.15) is 34.1 Å². The first-order valence-electron chi connectivity index (χ1n) is 23.0. The molecular formula is C49H54F3N2Na3O14S4. The second-order valence-corrected chi connectivity index (χ2v) is 23.0. The Hall–Kier alpha value is -1.37. The van der Waals surface area contributed by atoms with Gasteiger partial charge in [-0.2, -0.15) is 13.2 Å². The van der Waals surface area contributed by atoms with Crippen LogP contribution in [-0.4, -0.2) is 71.9 Å². The summed E-state index contributed by atoms with van der Waals surface area (Å²) in [5.74, 6) is -4.67. The third-order valence-electron chi connectivity index (χ3n) is 13.1. The summed E-state index contributed by atoms with van der Waals surface area (Å²) >= 11 is 1.60. The molecule has 0 radical (unpaired) electrons. The average Bonchev–Trinajstić information content (AvgIpc) is 3.65. The first-order chi connectivity index (χ1) is 34.0. The summed E-state index contributed by atoms with van der Waals surface area (Å²) < 4.78 is 132. The number of carboxylic acids is 1. The smallest absolute Gasteiger partial charge is 0.748 e. The van der Waals surface area contributed by atoms with Gasteiger partial charge in [-0.1, -0.05) is 26.0 Å². The minimum atomic E-state index is -4.88. The fourth-order valence-electron chi connectivity index (χ4n) is 9.69. The van der Waals surface area contributed by atoms with Crippen LogP contribution in [0.4, 0.5) is 24.5 Å². The zero-order chi connectivity index (χ0) is 52.6. The third-order valence-corrected chi connectivity index (χ3v) is 15.9. The molecule has 0 fully saturated rings. The van der Waals surface area contributed by atoms with Gasteiger partial charge in [0, 0.05) is 94.0 Å². The van der Waals surface area contributed by atoms with E-state index in [4.69, 9.17) is 0 Å². The van der Waals surface area contributed by atoms with Crippen molar-refractivity contribution in [3.05, 3.63) is 123 Å². The molecular weight excluding hydrogens is 1090 g/mol. The summed E-state index contributed by atoms with van der Waals surface area (Å²) in [5.41, 5.74) is 2.57. The van der Waals surface area contributed by atoms with Crippen LogP contribution in [-0.2, 0) is 61.0 Å². The van der Waals surface area contributed by atoms with Crippen LogP contribution in [0, 0.1) is 17.5 Å². The van der Waals surface area contributed by atoms with E-state index in [2.05, 4.69) is 23.3 Å². The number of hydrogen-bond acceptors (Lipinski definition) is 16. The normalized spacial score (nSPS) is 17.1. The van der Waals surface area contributed by atoms with Gasteiger partial charge in [0.05, 0.1) is 38.0 Å². The van der Waals surface area contributed by atoms with Crippen LogP contribution in [0.3, 0.4) is 0 Å². The molecule has 0 spiro atoms. The number of fused-ring (bicyclic) bond motifs is 2. The van der Waals surface area contributed by atoms with Crippen LogP contribution in [0.5, 0.6) is 0 Å². The Morgan fingerprint density at radius 3 is 2.21 bits per heavy atom. The molecule has 2 aliphatic heterocycles. The maximum Gasteiger partial charge on any atom is 1.00 e. The van der Waals surface area contributed by atoms with Crippen molar-refractivity contribution >= 4 is 73.0 Å². The summed E-state index contributed by atoms with van der Waals surface area (Å²) in [4.78, 5) is 13.2. The SMILES string of the molecule is CC1(C)C(/C=C/C2=C(c3c(F)cc(F)c(CCCCC(=O)O)c3F)C(=C/C=C3/N(CCCCS(=O)(=O)[O-])c4ccc(S(=O)(=O)[O-])cc4C3(C)C)/CCC2)=[N+](CCCCSOO[O-])c2ccc(SOO[O-])cc21.[Na+].[Na+].[Na+]. The van der Waals surface area contributed by atoms with Crippen molar-refractivity contribution in [3.8, 4) is 0 Å². The van der Waals surface area contributed by atoms with E-state index in [1.807, 2.05) is 37.0 Å². The Morgan fingerprint density at radius 2 is 1.55 bits per heavy atom. The molecule has 1 N–H and O–H groups in total. The third kappa shape index (κ3) is 17.1. The summed E-state index contributed by atoms with van der Waals surface area (Å²) in [6, 6.07) is 10.1. The Kier molecular flexibility index (Phi) is 27.1. The number of rotatable bonds is 25. The monoisotopic (exact) mass is 1150 g/mol. The van der Waals surface area contributed by atoms with Crippen molar-refractivity contribution in [2.24, 2.45) is 0 Å². The van der Waals surface area contributed by atoms with E-state index in [1.54, 1.807) is 38.1 Å². The number of hydrogen-bond donors (Lipinski definition) is 1. The maximum absolute atomic E-state index is 17.2. The molecule has 1 aliphatic carbocycles. The van der Waals surface area contributed by atoms with Crippen LogP contribution in [0.15, 0.2) is 93.4 Å². The van der Waals surface area contributed by atoms with Crippen molar-refractivity contribution in [1.29, 1.82) is 0 Å². The number of halogens is 3. The minimum Gasteiger partial charge on any atom is -0.748 e. The Bertz CT molecular complexity index is 2940. The predicted octanol–water partition coefficient (Wildman–Crippen LogP) is -0.796. The number of carbonyl (C=O) groups is 1. The number of benzene rings is 3. The quantitative estimate of drug-likeness (QED) is 0.0208. The van der Waals surface area contributed by atoms with Crippen LogP contribution in [0.1, 0.15) is 114 Å². The van der Waals surface area contributed by atoms with E-state index in [9.17, 15) is 46.4 Å². The number of allylic oxidation sites excluding steroid dienone is 8. The van der Waals surface area contributed by atoms with Gasteiger partial charge in [0.2, 0.25) is 5.69 Å². The molecule has 0 amide bonds. The van der Waals surface area contributed by atoms with Crippen molar-refractivity contribution in [1.82, 2.24) is 0 Å². The Labute approximate surface area is 510 Å². The molecule has 392 valence electrons. The van der Waals surface area contributed by atoms with Crippen molar-refractivity contribution in [2.75, 3.05) is 29.5 Å². The van der Waals surface area contributed by atoms with Gasteiger partial charge in [-0.25, -0.2) is 30.0 Å². The minimum absolute atomic E-state index is 0. The van der Waals surface area contributed by atoms with Crippen LogP contribution in [0.25, 0.3) is 5.57 Å². The van der Waals surface area contributed by atoms with Gasteiger partial charge in [-0.15, -0.1) is 0 Å². The second-order valence-electron chi connectivity index (χ2n) is 18.5. The zero-order valence-corrected chi connectivity index (χ0v) is 52.1. The molecule has 6 rings (SSSR count). The molecule has 0 saturated carbocycles. The second kappa shape index (κ2) is 29.9. The molecule has 3 aliphatic rings. The molecule has 3 aromatic rings. The first kappa shape index (κ1) is 67.9. The molecule has 75 heavy (non-hydrogen) atoms. The number of aliphatic carboxylic acids is 1. The topological polar surface area (TPSA) is 241 Å². The van der Waals surface area contributed by atoms with Crippen LogP contribution in [0.2, 0.25) is 0 Å². The summed E-state index contributed by atoms with van der Waals surface area (Å²) in [6.07, 6.45) is 9.47. The van der Waals surface area contributed by atoms with E-state index in [1.165, 1.54) is 18.2 Å². The van der Waals surface area contributed by atoms with Crippen LogP contribution < -0.4 is 104 Å². The molecule has 0 saturated heterocycles.